The fourth-order valence-corrected chi connectivity index (χ4v) is 3.88. The van der Waals surface area contributed by atoms with Gasteiger partial charge in [0.05, 0.1) is 2.74 Å². The summed E-state index contributed by atoms with van der Waals surface area (Å²) in [6, 6.07) is 32.3. The molecule has 33 heavy (non-hydrogen) atoms. The maximum atomic E-state index is 7.79. The van der Waals surface area contributed by atoms with Crippen molar-refractivity contribution in [3.05, 3.63) is 115 Å². The first-order chi connectivity index (χ1) is 16.7. The average Bonchev–Trinajstić information content (AvgIpc) is 3.18. The van der Waals surface area contributed by atoms with Gasteiger partial charge in [-0.1, -0.05) is 35.7 Å². The van der Waals surface area contributed by atoms with Crippen molar-refractivity contribution in [2.75, 3.05) is 0 Å². The van der Waals surface area contributed by atoms with Crippen molar-refractivity contribution < 1.29 is 28.5 Å². The van der Waals surface area contributed by atoms with E-state index in [0.29, 0.717) is 23.7 Å². The molecule has 0 N–H and O–H groups in total. The minimum Gasteiger partial charge on any atom is -0.460 e. The summed E-state index contributed by atoms with van der Waals surface area (Å²) in [4.78, 5) is 8.66. The molecule has 3 heterocycles. The number of aromatic nitrogens is 3. The molecular formula is C28H17N3OPt. The molecular weight excluding hydrogens is 589 g/mol. The van der Waals surface area contributed by atoms with Crippen molar-refractivity contribution in [1.29, 1.82) is 0 Å². The zero-order valence-corrected chi connectivity index (χ0v) is 19.5. The molecule has 0 bridgehead atoms. The van der Waals surface area contributed by atoms with Gasteiger partial charge in [-0.05, 0) is 35.1 Å². The van der Waals surface area contributed by atoms with Crippen molar-refractivity contribution >= 4 is 21.8 Å². The van der Waals surface area contributed by atoms with Gasteiger partial charge in [0.25, 0.3) is 0 Å². The van der Waals surface area contributed by atoms with E-state index in [4.69, 9.17) is 7.48 Å². The Bertz CT molecular complexity index is 1670. The second-order valence-corrected chi connectivity index (χ2v) is 7.23. The van der Waals surface area contributed by atoms with E-state index < -0.39 is 0 Å². The van der Waals surface area contributed by atoms with Crippen molar-refractivity contribution in [2.24, 2.45) is 0 Å². The van der Waals surface area contributed by atoms with Crippen molar-refractivity contribution in [1.82, 2.24) is 14.5 Å². The van der Waals surface area contributed by atoms with Gasteiger partial charge in [0.15, 0.2) is 0 Å². The van der Waals surface area contributed by atoms with Crippen LogP contribution in [0, 0.1) is 12.1 Å². The van der Waals surface area contributed by atoms with Gasteiger partial charge in [-0.15, -0.1) is 18.2 Å². The largest absolute Gasteiger partial charge is 2.00 e. The SMILES string of the molecule is [2H]c1ccc(-n2c3[c-]c(-c4[c-]c(Oc5cc([2H])ccn5)ccc4)ccc3c3ccccc32)nc1.[Pt+2]. The van der Waals surface area contributed by atoms with Gasteiger partial charge < -0.3 is 9.30 Å². The van der Waals surface area contributed by atoms with Crippen molar-refractivity contribution in [3.8, 4) is 28.6 Å². The van der Waals surface area contributed by atoms with Crippen LogP contribution in [0.2, 0.25) is 0 Å². The number of fused-ring (bicyclic) bond motifs is 3. The average molecular weight is 609 g/mol. The number of hydrogen-bond donors (Lipinski definition) is 0. The van der Waals surface area contributed by atoms with Gasteiger partial charge in [0.1, 0.15) is 5.82 Å². The number of ether oxygens (including phenoxy) is 1. The Morgan fingerprint density at radius 3 is 2.52 bits per heavy atom. The summed E-state index contributed by atoms with van der Waals surface area (Å²) >= 11 is 0. The molecule has 0 amide bonds. The molecule has 0 spiro atoms. The molecule has 0 fully saturated rings. The number of benzene rings is 3. The molecule has 0 aliphatic heterocycles. The van der Waals surface area contributed by atoms with Crippen LogP contribution < -0.4 is 4.74 Å². The summed E-state index contributed by atoms with van der Waals surface area (Å²) in [5.41, 5.74) is 3.61. The molecule has 0 saturated carbocycles. The van der Waals surface area contributed by atoms with Gasteiger partial charge in [-0.2, -0.15) is 24.3 Å². The van der Waals surface area contributed by atoms with E-state index in [9.17, 15) is 0 Å². The molecule has 0 atom stereocenters. The fraction of sp³-hybridized carbons (Fsp3) is 0. The topological polar surface area (TPSA) is 39.9 Å². The molecule has 3 aromatic carbocycles. The third-order valence-corrected chi connectivity index (χ3v) is 5.27. The minimum atomic E-state index is 0. The third kappa shape index (κ3) is 3.94. The Balaban J connectivity index is 0.00000253. The number of pyridine rings is 2. The van der Waals surface area contributed by atoms with Crippen LogP contribution in [0.3, 0.4) is 0 Å². The maximum Gasteiger partial charge on any atom is 2.00 e. The second-order valence-electron chi connectivity index (χ2n) is 7.23. The van der Waals surface area contributed by atoms with E-state index in [2.05, 4.69) is 44.9 Å². The first-order valence-electron chi connectivity index (χ1n) is 11.2. The van der Waals surface area contributed by atoms with E-state index >= 15 is 0 Å². The normalized spacial score (nSPS) is 11.6. The molecule has 6 rings (SSSR count). The molecule has 3 aromatic heterocycles. The maximum absolute atomic E-state index is 7.79. The van der Waals surface area contributed by atoms with Crippen molar-refractivity contribution in [3.63, 3.8) is 0 Å². The van der Waals surface area contributed by atoms with Crippen LogP contribution in [0.25, 0.3) is 38.8 Å². The monoisotopic (exact) mass is 608 g/mol. The number of rotatable bonds is 4. The van der Waals surface area contributed by atoms with E-state index in [0.717, 1.165) is 38.8 Å². The summed E-state index contributed by atoms with van der Waals surface area (Å²) in [6.45, 7) is 0. The molecule has 6 aromatic rings. The zero-order valence-electron chi connectivity index (χ0n) is 19.2. The Morgan fingerprint density at radius 2 is 1.64 bits per heavy atom. The van der Waals surface area contributed by atoms with E-state index in [-0.39, 0.29) is 21.1 Å². The van der Waals surface area contributed by atoms with Gasteiger partial charge >= 0.3 is 21.1 Å². The standard InChI is InChI=1S/C28H17N3O.Pt/c1-2-11-25-23(10-1)24-15-14-21(19-26(24)31(25)27-12-3-5-16-29-27)20-8-7-9-22(18-20)32-28-13-4-6-17-30-28;/h1-17H;/q-2;+2/i4D,5D;. The number of para-hydroxylation sites is 1. The third-order valence-electron chi connectivity index (χ3n) is 5.27. The van der Waals surface area contributed by atoms with E-state index in [1.807, 2.05) is 42.5 Å². The van der Waals surface area contributed by atoms with Crippen molar-refractivity contribution in [2.45, 2.75) is 0 Å². The smallest absolute Gasteiger partial charge is 0.460 e. The predicted octanol–water partition coefficient (Wildman–Crippen LogP) is 6.63. The molecule has 0 saturated heterocycles. The van der Waals surface area contributed by atoms with Crippen LogP contribution in [0.15, 0.2) is 103 Å². The first kappa shape index (κ1) is 18.8. The summed E-state index contributed by atoms with van der Waals surface area (Å²) in [7, 11) is 0. The van der Waals surface area contributed by atoms with E-state index in [1.54, 1.807) is 30.6 Å². The van der Waals surface area contributed by atoms with Crippen LogP contribution in [0.1, 0.15) is 2.74 Å². The molecule has 0 aliphatic carbocycles. The second kappa shape index (κ2) is 9.01. The molecule has 5 heteroatoms. The quantitative estimate of drug-likeness (QED) is 0.211. The zero-order chi connectivity index (χ0) is 23.1. The van der Waals surface area contributed by atoms with Crippen LogP contribution in [0.4, 0.5) is 0 Å². The van der Waals surface area contributed by atoms with Gasteiger partial charge in [-0.25, -0.2) is 21.1 Å². The predicted molar refractivity (Wildman–Crippen MR) is 126 cm³/mol. The molecule has 0 aliphatic rings. The van der Waals surface area contributed by atoms with Gasteiger partial charge in [0, 0.05) is 29.7 Å². The fourth-order valence-electron chi connectivity index (χ4n) is 3.88. The van der Waals surface area contributed by atoms with Gasteiger partial charge in [0.2, 0.25) is 5.88 Å². The summed E-state index contributed by atoms with van der Waals surface area (Å²) in [5, 5.41) is 2.18. The summed E-state index contributed by atoms with van der Waals surface area (Å²) in [5.74, 6) is 1.60. The Labute approximate surface area is 208 Å². The summed E-state index contributed by atoms with van der Waals surface area (Å²) in [6.07, 6.45) is 3.09. The van der Waals surface area contributed by atoms with Crippen LogP contribution in [0.5, 0.6) is 11.6 Å². The Kier molecular flexibility index (Phi) is 5.13. The molecule has 4 nitrogen and oxygen atoms in total. The Hall–Kier alpha value is -3.75. The van der Waals surface area contributed by atoms with Gasteiger partial charge in [-0.3, -0.25) is 0 Å². The first-order valence-corrected chi connectivity index (χ1v) is 10.2. The van der Waals surface area contributed by atoms with Crippen LogP contribution in [-0.4, -0.2) is 14.5 Å². The molecule has 160 valence electrons. The minimum absolute atomic E-state index is 0. The Morgan fingerprint density at radius 1 is 0.727 bits per heavy atom. The molecule has 0 unspecified atom stereocenters. The molecule has 0 radical (unpaired) electrons. The van der Waals surface area contributed by atoms with E-state index in [1.165, 1.54) is 0 Å². The summed E-state index contributed by atoms with van der Waals surface area (Å²) < 4.78 is 23.4. The van der Waals surface area contributed by atoms with Crippen LogP contribution >= 0.6 is 0 Å². The number of nitrogens with zero attached hydrogens (tertiary/aromatic N) is 3. The van der Waals surface area contributed by atoms with Crippen LogP contribution in [-0.2, 0) is 21.1 Å². The number of hydrogen-bond acceptors (Lipinski definition) is 3.